The van der Waals surface area contributed by atoms with Crippen molar-refractivity contribution in [3.05, 3.63) is 65.7 Å². The van der Waals surface area contributed by atoms with Gasteiger partial charge >= 0.3 is 11.9 Å². The van der Waals surface area contributed by atoms with Crippen LogP contribution in [0.2, 0.25) is 0 Å². The number of hydrogen-bond acceptors (Lipinski definition) is 3. The van der Waals surface area contributed by atoms with Crippen LogP contribution in [0.1, 0.15) is 15.9 Å². The summed E-state index contributed by atoms with van der Waals surface area (Å²) in [7, 11) is 0. The van der Waals surface area contributed by atoms with Crippen molar-refractivity contribution in [2.75, 3.05) is 0 Å². The zero-order chi connectivity index (χ0) is 13.7. The average Bonchev–Trinajstić information content (AvgIpc) is 2.40. The van der Waals surface area contributed by atoms with Gasteiger partial charge in [0.1, 0.15) is 5.75 Å². The number of benzene rings is 2. The van der Waals surface area contributed by atoms with Crippen molar-refractivity contribution < 1.29 is 19.4 Å². The van der Waals surface area contributed by atoms with Gasteiger partial charge in [0.05, 0.1) is 12.0 Å². The van der Waals surface area contributed by atoms with E-state index >= 15 is 0 Å². The van der Waals surface area contributed by atoms with Crippen LogP contribution in [-0.4, -0.2) is 17.0 Å². The van der Waals surface area contributed by atoms with Gasteiger partial charge in [0.2, 0.25) is 0 Å². The Morgan fingerprint density at radius 2 is 1.58 bits per heavy atom. The fraction of sp³-hybridized carbons (Fsp3) is 0.0667. The van der Waals surface area contributed by atoms with E-state index in [9.17, 15) is 9.59 Å². The van der Waals surface area contributed by atoms with Crippen LogP contribution in [0.25, 0.3) is 0 Å². The summed E-state index contributed by atoms with van der Waals surface area (Å²) >= 11 is 0. The summed E-state index contributed by atoms with van der Waals surface area (Å²) in [6, 6.07) is 15.1. The lowest BCUT2D eigenvalue weighted by Gasteiger charge is -2.06. The smallest absolute Gasteiger partial charge is 0.335 e. The molecule has 0 saturated carbocycles. The fourth-order valence-corrected chi connectivity index (χ4v) is 1.69. The van der Waals surface area contributed by atoms with Gasteiger partial charge < -0.3 is 9.84 Å². The Hall–Kier alpha value is -2.62. The van der Waals surface area contributed by atoms with Crippen molar-refractivity contribution in [3.8, 4) is 5.75 Å². The Bertz CT molecular complexity index is 590. The van der Waals surface area contributed by atoms with E-state index in [1.54, 1.807) is 42.5 Å². The van der Waals surface area contributed by atoms with Crippen LogP contribution in [0.15, 0.2) is 54.6 Å². The molecule has 4 heteroatoms. The Balaban J connectivity index is 2.09. The molecule has 0 saturated heterocycles. The molecule has 0 unspecified atom stereocenters. The molecule has 2 rings (SSSR count). The monoisotopic (exact) mass is 256 g/mol. The third-order valence-electron chi connectivity index (χ3n) is 2.56. The number of esters is 1. The molecule has 0 aromatic heterocycles. The lowest BCUT2D eigenvalue weighted by Crippen LogP contribution is -2.14. The maximum atomic E-state index is 11.7. The molecule has 0 radical (unpaired) electrons. The number of para-hydroxylation sites is 1. The number of ether oxygens (including phenoxy) is 1. The van der Waals surface area contributed by atoms with Crippen LogP contribution in [0.5, 0.6) is 5.75 Å². The van der Waals surface area contributed by atoms with Gasteiger partial charge in [0.15, 0.2) is 0 Å². The van der Waals surface area contributed by atoms with Gasteiger partial charge in [-0.05, 0) is 23.8 Å². The Kier molecular flexibility index (Phi) is 3.93. The van der Waals surface area contributed by atoms with Crippen LogP contribution in [0.3, 0.4) is 0 Å². The highest BCUT2D eigenvalue weighted by Gasteiger charge is 2.13. The van der Waals surface area contributed by atoms with Crippen LogP contribution in [0, 0.1) is 0 Å². The van der Waals surface area contributed by atoms with E-state index in [2.05, 4.69) is 0 Å². The highest BCUT2D eigenvalue weighted by Crippen LogP contribution is 2.13. The maximum absolute atomic E-state index is 11.7. The first kappa shape index (κ1) is 12.8. The highest BCUT2D eigenvalue weighted by molar-refractivity contribution is 5.91. The van der Waals surface area contributed by atoms with Crippen molar-refractivity contribution in [1.29, 1.82) is 0 Å². The van der Waals surface area contributed by atoms with Crippen molar-refractivity contribution in [2.24, 2.45) is 0 Å². The molecule has 0 spiro atoms. The van der Waals surface area contributed by atoms with E-state index < -0.39 is 11.9 Å². The largest absolute Gasteiger partial charge is 0.478 e. The van der Waals surface area contributed by atoms with Gasteiger partial charge in [-0.15, -0.1) is 0 Å². The van der Waals surface area contributed by atoms with E-state index in [1.165, 1.54) is 6.07 Å². The summed E-state index contributed by atoms with van der Waals surface area (Å²) in [6.45, 7) is 0. The van der Waals surface area contributed by atoms with E-state index in [4.69, 9.17) is 9.84 Å². The van der Waals surface area contributed by atoms with Gasteiger partial charge in [-0.3, -0.25) is 4.79 Å². The van der Waals surface area contributed by atoms with Gasteiger partial charge in [-0.2, -0.15) is 0 Å². The molecule has 0 aliphatic rings. The first-order valence-corrected chi connectivity index (χ1v) is 5.74. The summed E-state index contributed by atoms with van der Waals surface area (Å²) in [5.41, 5.74) is 0.559. The molecule has 96 valence electrons. The maximum Gasteiger partial charge on any atom is 0.335 e. The molecule has 1 N–H and O–H groups in total. The Morgan fingerprint density at radius 3 is 2.26 bits per heavy atom. The summed E-state index contributed by atoms with van der Waals surface area (Å²) in [6.07, 6.45) is -0.0721. The predicted molar refractivity (Wildman–Crippen MR) is 69.2 cm³/mol. The van der Waals surface area contributed by atoms with Crippen molar-refractivity contribution >= 4 is 11.9 Å². The van der Waals surface area contributed by atoms with Gasteiger partial charge in [-0.25, -0.2) is 4.79 Å². The van der Waals surface area contributed by atoms with Crippen LogP contribution in [0.4, 0.5) is 0 Å². The molecular weight excluding hydrogens is 244 g/mol. The zero-order valence-corrected chi connectivity index (χ0v) is 10.1. The molecule has 0 bridgehead atoms. The number of rotatable bonds is 4. The number of aromatic carboxylic acids is 1. The Morgan fingerprint density at radius 1 is 0.947 bits per heavy atom. The lowest BCUT2D eigenvalue weighted by molar-refractivity contribution is -0.133. The fourth-order valence-electron chi connectivity index (χ4n) is 1.69. The van der Waals surface area contributed by atoms with Crippen LogP contribution < -0.4 is 4.74 Å². The minimum absolute atomic E-state index is 0.0721. The first-order valence-electron chi connectivity index (χ1n) is 5.74. The molecule has 2 aromatic carbocycles. The SMILES string of the molecule is O=C(Cc1ccccc1C(=O)O)Oc1ccccc1. The molecule has 0 amide bonds. The van der Waals surface area contributed by atoms with E-state index in [0.29, 0.717) is 11.3 Å². The van der Waals surface area contributed by atoms with Gasteiger partial charge in [0, 0.05) is 0 Å². The van der Waals surface area contributed by atoms with E-state index in [1.807, 2.05) is 6.07 Å². The molecule has 0 aliphatic heterocycles. The second-order valence-corrected chi connectivity index (χ2v) is 3.93. The molecule has 19 heavy (non-hydrogen) atoms. The second-order valence-electron chi connectivity index (χ2n) is 3.93. The lowest BCUT2D eigenvalue weighted by atomic mass is 10.1. The predicted octanol–water partition coefficient (Wildman–Crippen LogP) is 2.53. The van der Waals surface area contributed by atoms with E-state index in [0.717, 1.165) is 0 Å². The highest BCUT2D eigenvalue weighted by atomic mass is 16.5. The molecule has 0 heterocycles. The summed E-state index contributed by atoms with van der Waals surface area (Å²) < 4.78 is 5.12. The summed E-state index contributed by atoms with van der Waals surface area (Å²) in [4.78, 5) is 22.8. The molecular formula is C15H12O4. The summed E-state index contributed by atoms with van der Waals surface area (Å²) in [5.74, 6) is -1.09. The normalized spacial score (nSPS) is 9.89. The number of carbonyl (C=O) groups is 2. The number of carboxylic acids is 1. The molecule has 0 atom stereocenters. The minimum atomic E-state index is -1.05. The molecule has 2 aromatic rings. The first-order chi connectivity index (χ1) is 9.16. The van der Waals surface area contributed by atoms with Gasteiger partial charge in [0.25, 0.3) is 0 Å². The number of carbonyl (C=O) groups excluding carboxylic acids is 1. The van der Waals surface area contributed by atoms with Crippen LogP contribution >= 0.6 is 0 Å². The second kappa shape index (κ2) is 5.82. The third-order valence-corrected chi connectivity index (χ3v) is 2.56. The van der Waals surface area contributed by atoms with Crippen molar-refractivity contribution in [3.63, 3.8) is 0 Å². The molecule has 0 aliphatic carbocycles. The minimum Gasteiger partial charge on any atom is -0.478 e. The van der Waals surface area contributed by atoms with E-state index in [-0.39, 0.29) is 12.0 Å². The zero-order valence-electron chi connectivity index (χ0n) is 10.1. The molecule has 0 fully saturated rings. The quantitative estimate of drug-likeness (QED) is 0.674. The number of carboxylic acid groups (broad SMARTS) is 1. The number of hydrogen-bond donors (Lipinski definition) is 1. The van der Waals surface area contributed by atoms with Crippen molar-refractivity contribution in [2.45, 2.75) is 6.42 Å². The average molecular weight is 256 g/mol. The van der Waals surface area contributed by atoms with Crippen molar-refractivity contribution in [1.82, 2.24) is 0 Å². The van der Waals surface area contributed by atoms with Gasteiger partial charge in [-0.1, -0.05) is 36.4 Å². The molecule has 4 nitrogen and oxygen atoms in total. The topological polar surface area (TPSA) is 63.6 Å². The Labute approximate surface area is 110 Å². The standard InChI is InChI=1S/C15H12O4/c16-14(19-12-7-2-1-3-8-12)10-11-6-4-5-9-13(11)15(17)18/h1-9H,10H2,(H,17,18). The third kappa shape index (κ3) is 3.42. The van der Waals surface area contributed by atoms with Crippen LogP contribution in [-0.2, 0) is 11.2 Å². The summed E-state index contributed by atoms with van der Waals surface area (Å²) in [5, 5.41) is 9.02.